The molecule has 9 heteroatoms. The number of nitrogens with zero attached hydrogens (tertiary/aromatic N) is 4. The Kier molecular flexibility index (Phi) is 5.22. The highest BCUT2D eigenvalue weighted by Crippen LogP contribution is 2.37. The second-order valence-electron chi connectivity index (χ2n) is 8.53. The van der Waals surface area contributed by atoms with Crippen LogP contribution < -0.4 is 16.4 Å². The monoisotopic (exact) mass is 410 g/mol. The minimum absolute atomic E-state index is 0.0935. The molecule has 4 rings (SSSR count). The van der Waals surface area contributed by atoms with E-state index in [0.717, 1.165) is 0 Å². The number of para-hydroxylation sites is 1. The number of amides is 3. The molecule has 2 bridgehead atoms. The van der Waals surface area contributed by atoms with E-state index in [2.05, 4.69) is 6.07 Å². The molecule has 3 saturated heterocycles. The van der Waals surface area contributed by atoms with Gasteiger partial charge in [-0.25, -0.2) is 0 Å². The summed E-state index contributed by atoms with van der Waals surface area (Å²) in [5.41, 5.74) is 12.5. The summed E-state index contributed by atoms with van der Waals surface area (Å²) >= 11 is 0. The molecular weight excluding hydrogens is 384 g/mol. The summed E-state index contributed by atoms with van der Waals surface area (Å²) < 4.78 is 0. The summed E-state index contributed by atoms with van der Waals surface area (Å²) in [6.45, 7) is 3.38. The van der Waals surface area contributed by atoms with Crippen LogP contribution in [0.15, 0.2) is 24.3 Å². The van der Waals surface area contributed by atoms with E-state index in [1.165, 1.54) is 0 Å². The van der Waals surface area contributed by atoms with Gasteiger partial charge in [-0.3, -0.25) is 19.3 Å². The third-order valence-corrected chi connectivity index (χ3v) is 6.39. The number of likely N-dealkylation sites (tertiary alicyclic amines) is 2. The van der Waals surface area contributed by atoms with Crippen LogP contribution in [-0.4, -0.2) is 71.3 Å². The molecule has 158 valence electrons. The van der Waals surface area contributed by atoms with Crippen LogP contribution in [0.4, 0.5) is 5.69 Å². The van der Waals surface area contributed by atoms with Gasteiger partial charge in [-0.05, 0) is 30.9 Å². The molecule has 0 aromatic heterocycles. The predicted molar refractivity (Wildman–Crippen MR) is 109 cm³/mol. The zero-order valence-corrected chi connectivity index (χ0v) is 16.9. The molecule has 1 aromatic rings. The summed E-state index contributed by atoms with van der Waals surface area (Å²) in [5, 5.41) is 9.31. The first-order chi connectivity index (χ1) is 14.3. The number of carbonyl (C=O) groups excluding carboxylic acids is 3. The molecule has 4 unspecified atom stereocenters. The van der Waals surface area contributed by atoms with Crippen molar-refractivity contribution in [2.24, 2.45) is 17.4 Å². The summed E-state index contributed by atoms with van der Waals surface area (Å²) in [4.78, 5) is 42.8. The predicted octanol–water partition coefficient (Wildman–Crippen LogP) is -0.337. The maximum absolute atomic E-state index is 13.1. The van der Waals surface area contributed by atoms with Crippen molar-refractivity contribution in [3.8, 4) is 6.07 Å². The van der Waals surface area contributed by atoms with Crippen molar-refractivity contribution in [2.45, 2.75) is 43.9 Å². The zero-order chi connectivity index (χ0) is 21.6. The number of nitriles is 1. The Labute approximate surface area is 175 Å². The van der Waals surface area contributed by atoms with Crippen LogP contribution in [0.1, 0.15) is 30.1 Å². The van der Waals surface area contributed by atoms with E-state index in [1.807, 2.05) is 11.8 Å². The first kappa shape index (κ1) is 20.3. The lowest BCUT2D eigenvalue weighted by molar-refractivity contribution is -0.134. The van der Waals surface area contributed by atoms with Crippen molar-refractivity contribution in [3.05, 3.63) is 29.8 Å². The van der Waals surface area contributed by atoms with Gasteiger partial charge in [-0.2, -0.15) is 5.26 Å². The molecule has 1 aromatic carbocycles. The van der Waals surface area contributed by atoms with Crippen LogP contribution >= 0.6 is 0 Å². The Bertz CT molecular complexity index is 928. The van der Waals surface area contributed by atoms with Crippen molar-refractivity contribution in [3.63, 3.8) is 0 Å². The molecule has 0 aliphatic carbocycles. The van der Waals surface area contributed by atoms with Crippen LogP contribution in [0.3, 0.4) is 0 Å². The van der Waals surface area contributed by atoms with E-state index in [0.29, 0.717) is 37.2 Å². The summed E-state index contributed by atoms with van der Waals surface area (Å²) in [6.07, 6.45) is 1.28. The van der Waals surface area contributed by atoms with E-state index in [-0.39, 0.29) is 36.4 Å². The molecule has 0 saturated carbocycles. The SMILES string of the molecule is CC1CC(C#N)N(C(=O)C(N)CN2C[C@@H]3CC2C(=O)N3c2ccccc2C(N)=O)C1. The summed E-state index contributed by atoms with van der Waals surface area (Å²) in [6, 6.07) is 7.33. The Hall–Kier alpha value is -2.96. The normalized spacial score (nSPS) is 29.3. The van der Waals surface area contributed by atoms with Gasteiger partial charge in [0.15, 0.2) is 0 Å². The summed E-state index contributed by atoms with van der Waals surface area (Å²) in [7, 11) is 0. The highest BCUT2D eigenvalue weighted by molar-refractivity contribution is 6.07. The van der Waals surface area contributed by atoms with Gasteiger partial charge < -0.3 is 21.3 Å². The van der Waals surface area contributed by atoms with Gasteiger partial charge >= 0.3 is 0 Å². The number of nitrogens with two attached hydrogens (primary N) is 2. The maximum Gasteiger partial charge on any atom is 0.250 e. The minimum atomic E-state index is -0.787. The smallest absolute Gasteiger partial charge is 0.250 e. The van der Waals surface area contributed by atoms with Crippen LogP contribution in [0, 0.1) is 17.2 Å². The van der Waals surface area contributed by atoms with E-state index < -0.39 is 18.0 Å². The fourth-order valence-electron chi connectivity index (χ4n) is 5.03. The van der Waals surface area contributed by atoms with Crippen molar-refractivity contribution < 1.29 is 14.4 Å². The van der Waals surface area contributed by atoms with Crippen molar-refractivity contribution in [1.82, 2.24) is 9.80 Å². The quantitative estimate of drug-likeness (QED) is 0.682. The second kappa shape index (κ2) is 7.70. The molecule has 30 heavy (non-hydrogen) atoms. The molecule has 0 radical (unpaired) electrons. The van der Waals surface area contributed by atoms with Crippen molar-refractivity contribution in [2.75, 3.05) is 24.5 Å². The third kappa shape index (κ3) is 3.32. The van der Waals surface area contributed by atoms with E-state index in [4.69, 9.17) is 11.5 Å². The van der Waals surface area contributed by atoms with Crippen LogP contribution in [0.25, 0.3) is 0 Å². The van der Waals surface area contributed by atoms with Crippen LogP contribution in [-0.2, 0) is 9.59 Å². The van der Waals surface area contributed by atoms with Crippen molar-refractivity contribution in [1.29, 1.82) is 5.26 Å². The number of carbonyl (C=O) groups is 3. The van der Waals surface area contributed by atoms with Gasteiger partial charge in [0.1, 0.15) is 6.04 Å². The molecule has 3 aliphatic heterocycles. The van der Waals surface area contributed by atoms with Gasteiger partial charge in [0.05, 0.1) is 35.4 Å². The lowest BCUT2D eigenvalue weighted by Crippen LogP contribution is -2.56. The minimum Gasteiger partial charge on any atom is -0.366 e. The number of hydrogen-bond acceptors (Lipinski definition) is 6. The van der Waals surface area contributed by atoms with E-state index in [9.17, 15) is 19.6 Å². The van der Waals surface area contributed by atoms with Crippen LogP contribution in [0.2, 0.25) is 0 Å². The second-order valence-corrected chi connectivity index (χ2v) is 8.53. The van der Waals surface area contributed by atoms with Crippen molar-refractivity contribution >= 4 is 23.4 Å². The van der Waals surface area contributed by atoms with E-state index >= 15 is 0 Å². The number of anilines is 1. The highest BCUT2D eigenvalue weighted by Gasteiger charge is 2.51. The van der Waals surface area contributed by atoms with Crippen LogP contribution in [0.5, 0.6) is 0 Å². The number of rotatable bonds is 5. The Morgan fingerprint density at radius 1 is 1.27 bits per heavy atom. The maximum atomic E-state index is 13.1. The lowest BCUT2D eigenvalue weighted by atomic mass is 10.1. The number of fused-ring (bicyclic) bond motifs is 2. The molecule has 5 atom stereocenters. The number of benzene rings is 1. The van der Waals surface area contributed by atoms with Gasteiger partial charge in [0.2, 0.25) is 11.8 Å². The Morgan fingerprint density at radius 2 is 2.00 bits per heavy atom. The highest BCUT2D eigenvalue weighted by atomic mass is 16.2. The summed E-state index contributed by atoms with van der Waals surface area (Å²) in [5.74, 6) is -0.645. The Balaban J connectivity index is 1.44. The first-order valence-corrected chi connectivity index (χ1v) is 10.2. The first-order valence-electron chi connectivity index (χ1n) is 10.2. The molecular formula is C21H26N6O3. The fraction of sp³-hybridized carbons (Fsp3) is 0.524. The topological polar surface area (TPSA) is 137 Å². The number of hydrogen-bond donors (Lipinski definition) is 2. The zero-order valence-electron chi connectivity index (χ0n) is 16.9. The number of primary amides is 1. The fourth-order valence-corrected chi connectivity index (χ4v) is 5.03. The largest absolute Gasteiger partial charge is 0.366 e. The molecule has 9 nitrogen and oxygen atoms in total. The van der Waals surface area contributed by atoms with Gasteiger partial charge in [0.25, 0.3) is 5.91 Å². The molecule has 4 N–H and O–H groups in total. The average Bonchev–Trinajstić information content (AvgIpc) is 3.39. The van der Waals surface area contributed by atoms with Gasteiger partial charge in [-0.15, -0.1) is 0 Å². The molecule has 3 fully saturated rings. The van der Waals surface area contributed by atoms with E-state index in [1.54, 1.807) is 34.1 Å². The molecule has 3 aliphatic rings. The lowest BCUT2D eigenvalue weighted by Gasteiger charge is -2.36. The molecule has 3 heterocycles. The molecule has 3 amide bonds. The average molecular weight is 410 g/mol. The third-order valence-electron chi connectivity index (χ3n) is 6.39. The molecule has 0 spiro atoms. The Morgan fingerprint density at radius 3 is 2.67 bits per heavy atom. The van der Waals surface area contributed by atoms with Gasteiger partial charge in [0, 0.05) is 19.6 Å². The standard InChI is InChI=1S/C21H26N6O3/c1-12-6-13(8-22)26(9-12)20(29)16(23)11-25-10-14-7-18(25)21(30)27(14)17-5-3-2-4-15(17)19(24)28/h2-5,12-14,16,18H,6-7,9-11,23H2,1H3,(H2,24,28)/t12?,13?,14-,16?,18?/m0/s1. The van der Waals surface area contributed by atoms with Gasteiger partial charge in [-0.1, -0.05) is 19.1 Å². The number of piperazine rings is 1.